The number of ether oxygens (including phenoxy) is 1. The quantitative estimate of drug-likeness (QED) is 0.616. The maximum atomic E-state index is 14.2. The number of halogens is 2. The van der Waals surface area contributed by atoms with Crippen LogP contribution in [0.3, 0.4) is 0 Å². The molecule has 0 unspecified atom stereocenters. The Morgan fingerprint density at radius 2 is 1.96 bits per heavy atom. The summed E-state index contributed by atoms with van der Waals surface area (Å²) < 4.78 is 20.0. The number of nitrogens with one attached hydrogen (secondary N) is 2. The molecule has 8 heteroatoms. The maximum Gasteiger partial charge on any atom is 0.262 e. The Morgan fingerprint density at radius 1 is 1.21 bits per heavy atom. The number of rotatable bonds is 6. The second-order valence-electron chi connectivity index (χ2n) is 6.10. The standard InChI is InChI=1S/C20H18ClFN2O3S/c1-11-13(21)5-3-7-15(11)24-17(25)9-23-20(26)19-12(10-27-2)18-14(22)6-4-8-16(18)28-19/h3-8H,9-10H2,1-2H3,(H,23,26)(H,24,25). The zero-order valence-electron chi connectivity index (χ0n) is 15.3. The van der Waals surface area contributed by atoms with Crippen LogP contribution in [0.1, 0.15) is 20.8 Å². The Hall–Kier alpha value is -2.48. The molecule has 2 aromatic carbocycles. The van der Waals surface area contributed by atoms with Crippen LogP contribution in [0.4, 0.5) is 10.1 Å². The van der Waals surface area contributed by atoms with Crippen molar-refractivity contribution >= 4 is 50.5 Å². The second kappa shape index (κ2) is 8.68. The number of amides is 2. The summed E-state index contributed by atoms with van der Waals surface area (Å²) in [6.45, 7) is 1.66. The minimum absolute atomic E-state index is 0.0948. The van der Waals surface area contributed by atoms with Gasteiger partial charge in [0.05, 0.1) is 18.0 Å². The Bertz CT molecular complexity index is 1050. The van der Waals surface area contributed by atoms with Crippen molar-refractivity contribution in [2.45, 2.75) is 13.5 Å². The Labute approximate surface area is 170 Å². The second-order valence-corrected chi connectivity index (χ2v) is 7.56. The van der Waals surface area contributed by atoms with Gasteiger partial charge in [0, 0.05) is 33.5 Å². The number of benzene rings is 2. The highest BCUT2D eigenvalue weighted by molar-refractivity contribution is 7.21. The van der Waals surface area contributed by atoms with Crippen molar-refractivity contribution in [3.8, 4) is 0 Å². The predicted octanol–water partition coefficient (Wildman–Crippen LogP) is 4.52. The molecule has 3 rings (SSSR count). The lowest BCUT2D eigenvalue weighted by Crippen LogP contribution is -2.33. The fourth-order valence-electron chi connectivity index (χ4n) is 2.81. The van der Waals surface area contributed by atoms with Crippen LogP contribution in [0.5, 0.6) is 0 Å². The molecule has 0 bridgehead atoms. The number of hydrogen-bond acceptors (Lipinski definition) is 4. The zero-order chi connectivity index (χ0) is 20.3. The van der Waals surface area contributed by atoms with Gasteiger partial charge in [-0.15, -0.1) is 11.3 Å². The van der Waals surface area contributed by atoms with E-state index in [1.165, 1.54) is 13.2 Å². The molecule has 28 heavy (non-hydrogen) atoms. The summed E-state index contributed by atoms with van der Waals surface area (Å²) >= 11 is 7.21. The third-order valence-electron chi connectivity index (χ3n) is 4.21. The van der Waals surface area contributed by atoms with Crippen LogP contribution in [-0.4, -0.2) is 25.5 Å². The molecule has 0 radical (unpaired) electrons. The van der Waals surface area contributed by atoms with Gasteiger partial charge in [0.25, 0.3) is 5.91 Å². The largest absolute Gasteiger partial charge is 0.380 e. The Kier molecular flexibility index (Phi) is 6.28. The minimum atomic E-state index is -0.453. The minimum Gasteiger partial charge on any atom is -0.380 e. The molecule has 5 nitrogen and oxygen atoms in total. The molecule has 0 aliphatic rings. The van der Waals surface area contributed by atoms with E-state index in [4.69, 9.17) is 16.3 Å². The topological polar surface area (TPSA) is 67.4 Å². The zero-order valence-corrected chi connectivity index (χ0v) is 16.8. The van der Waals surface area contributed by atoms with E-state index < -0.39 is 11.7 Å². The van der Waals surface area contributed by atoms with Crippen molar-refractivity contribution in [1.82, 2.24) is 5.32 Å². The number of thiophene rings is 1. The summed E-state index contributed by atoms with van der Waals surface area (Å²) in [4.78, 5) is 25.1. The molecular formula is C20H18ClFN2O3S. The molecule has 1 heterocycles. The Balaban J connectivity index is 1.74. The lowest BCUT2D eigenvalue weighted by Gasteiger charge is -2.10. The van der Waals surface area contributed by atoms with Crippen molar-refractivity contribution in [3.63, 3.8) is 0 Å². The summed E-state index contributed by atoms with van der Waals surface area (Å²) in [6.07, 6.45) is 0. The van der Waals surface area contributed by atoms with Crippen molar-refractivity contribution in [3.05, 3.63) is 63.2 Å². The summed E-state index contributed by atoms with van der Waals surface area (Å²) in [6, 6.07) is 9.86. The Morgan fingerprint density at radius 3 is 2.71 bits per heavy atom. The van der Waals surface area contributed by atoms with Crippen LogP contribution in [0.15, 0.2) is 36.4 Å². The molecule has 0 spiro atoms. The van der Waals surface area contributed by atoms with Crippen molar-refractivity contribution < 1.29 is 18.7 Å². The van der Waals surface area contributed by atoms with E-state index in [1.807, 2.05) is 0 Å². The number of carbonyl (C=O) groups excluding carboxylic acids is 2. The smallest absolute Gasteiger partial charge is 0.262 e. The van der Waals surface area contributed by atoms with E-state index >= 15 is 0 Å². The van der Waals surface area contributed by atoms with E-state index in [9.17, 15) is 14.0 Å². The van der Waals surface area contributed by atoms with Crippen LogP contribution in [0.25, 0.3) is 10.1 Å². The van der Waals surface area contributed by atoms with Gasteiger partial charge in [-0.3, -0.25) is 9.59 Å². The van der Waals surface area contributed by atoms with Crippen LogP contribution in [0, 0.1) is 12.7 Å². The number of carbonyl (C=O) groups is 2. The van der Waals surface area contributed by atoms with Gasteiger partial charge >= 0.3 is 0 Å². The van der Waals surface area contributed by atoms with Gasteiger partial charge in [0.15, 0.2) is 0 Å². The summed E-state index contributed by atoms with van der Waals surface area (Å²) in [5.41, 5.74) is 1.80. The normalized spacial score (nSPS) is 10.9. The van der Waals surface area contributed by atoms with Gasteiger partial charge in [-0.2, -0.15) is 0 Å². The van der Waals surface area contributed by atoms with Crippen LogP contribution < -0.4 is 10.6 Å². The van der Waals surface area contributed by atoms with Crippen molar-refractivity contribution in [2.24, 2.45) is 0 Å². The van der Waals surface area contributed by atoms with Gasteiger partial charge in [-0.25, -0.2) is 4.39 Å². The number of hydrogen-bond donors (Lipinski definition) is 2. The monoisotopic (exact) mass is 420 g/mol. The fraction of sp³-hybridized carbons (Fsp3) is 0.200. The molecule has 0 saturated heterocycles. The van der Waals surface area contributed by atoms with Gasteiger partial charge in [0.1, 0.15) is 5.82 Å². The number of anilines is 1. The first kappa shape index (κ1) is 20.3. The van der Waals surface area contributed by atoms with Crippen LogP contribution >= 0.6 is 22.9 Å². The average molecular weight is 421 g/mol. The summed E-state index contributed by atoms with van der Waals surface area (Å²) in [7, 11) is 1.48. The molecule has 0 aliphatic heterocycles. The maximum absolute atomic E-state index is 14.2. The van der Waals surface area contributed by atoms with Crippen LogP contribution in [0.2, 0.25) is 5.02 Å². The first-order chi connectivity index (χ1) is 13.4. The molecule has 146 valence electrons. The van der Waals surface area contributed by atoms with E-state index in [-0.39, 0.29) is 19.1 Å². The molecule has 0 aliphatic carbocycles. The van der Waals surface area contributed by atoms with E-state index in [0.717, 1.165) is 16.9 Å². The average Bonchev–Trinajstić information content (AvgIpc) is 3.04. The summed E-state index contributed by atoms with van der Waals surface area (Å²) in [5.74, 6) is -1.25. The molecule has 2 amide bonds. The summed E-state index contributed by atoms with van der Waals surface area (Å²) in [5, 5.41) is 6.21. The molecule has 2 N–H and O–H groups in total. The highest BCUT2D eigenvalue weighted by Crippen LogP contribution is 2.33. The molecule has 1 aromatic heterocycles. The lowest BCUT2D eigenvalue weighted by atomic mass is 10.1. The van der Waals surface area contributed by atoms with Crippen molar-refractivity contribution in [2.75, 3.05) is 19.0 Å². The first-order valence-corrected chi connectivity index (χ1v) is 9.63. The third kappa shape index (κ3) is 4.16. The highest BCUT2D eigenvalue weighted by atomic mass is 35.5. The molecular weight excluding hydrogens is 403 g/mol. The molecule has 3 aromatic rings. The SMILES string of the molecule is COCc1c(C(=O)NCC(=O)Nc2cccc(Cl)c2C)sc2cccc(F)c12. The predicted molar refractivity (Wildman–Crippen MR) is 110 cm³/mol. The van der Waals surface area contributed by atoms with Gasteiger partial charge in [-0.05, 0) is 36.8 Å². The molecule has 0 saturated carbocycles. The third-order valence-corrected chi connectivity index (χ3v) is 5.81. The lowest BCUT2D eigenvalue weighted by molar-refractivity contribution is -0.115. The van der Waals surface area contributed by atoms with Gasteiger partial charge in [0.2, 0.25) is 5.91 Å². The molecule has 0 fully saturated rings. The molecule has 0 atom stereocenters. The van der Waals surface area contributed by atoms with E-state index in [0.29, 0.717) is 31.2 Å². The van der Waals surface area contributed by atoms with E-state index in [2.05, 4.69) is 10.6 Å². The number of fused-ring (bicyclic) bond motifs is 1. The number of methoxy groups -OCH3 is 1. The van der Waals surface area contributed by atoms with Crippen LogP contribution in [-0.2, 0) is 16.1 Å². The fourth-order valence-corrected chi connectivity index (χ4v) is 4.12. The van der Waals surface area contributed by atoms with Crippen molar-refractivity contribution in [1.29, 1.82) is 0 Å². The highest BCUT2D eigenvalue weighted by Gasteiger charge is 2.21. The van der Waals surface area contributed by atoms with Gasteiger partial charge in [-0.1, -0.05) is 23.7 Å². The van der Waals surface area contributed by atoms with E-state index in [1.54, 1.807) is 37.3 Å². The first-order valence-electron chi connectivity index (χ1n) is 8.44. The van der Waals surface area contributed by atoms with Gasteiger partial charge < -0.3 is 15.4 Å².